The molecule has 7 heteroatoms. The fourth-order valence-electron chi connectivity index (χ4n) is 3.36. The highest BCUT2D eigenvalue weighted by molar-refractivity contribution is 6.10. The fourth-order valence-corrected chi connectivity index (χ4v) is 3.36. The van der Waals surface area contributed by atoms with Crippen molar-refractivity contribution >= 4 is 28.5 Å². The van der Waals surface area contributed by atoms with Crippen LogP contribution in [0.1, 0.15) is 31.2 Å². The Morgan fingerprint density at radius 1 is 1.00 bits per heavy atom. The van der Waals surface area contributed by atoms with Gasteiger partial charge in [0.15, 0.2) is 0 Å². The summed E-state index contributed by atoms with van der Waals surface area (Å²) in [5.74, 6) is 0.483. The lowest BCUT2D eigenvalue weighted by atomic mass is 10.0. The van der Waals surface area contributed by atoms with E-state index in [2.05, 4.69) is 5.10 Å². The number of fused-ring (bicyclic) bond motifs is 1. The molecule has 30 heavy (non-hydrogen) atoms. The van der Waals surface area contributed by atoms with E-state index in [0.717, 1.165) is 16.3 Å². The molecule has 0 unspecified atom stereocenters. The van der Waals surface area contributed by atoms with E-state index in [-0.39, 0.29) is 11.8 Å². The summed E-state index contributed by atoms with van der Waals surface area (Å²) in [6.07, 6.45) is -0.743. The van der Waals surface area contributed by atoms with E-state index in [4.69, 9.17) is 14.2 Å². The van der Waals surface area contributed by atoms with E-state index in [1.165, 1.54) is 18.9 Å². The molecular weight excluding hydrogens is 384 g/mol. The Bertz CT molecular complexity index is 1150. The molecule has 1 aliphatic heterocycles. The third kappa shape index (κ3) is 3.57. The molecule has 0 radical (unpaired) electrons. The first kappa shape index (κ1) is 19.4. The summed E-state index contributed by atoms with van der Waals surface area (Å²) < 4.78 is 16.7. The number of hydrogen-bond acceptors (Lipinski definition) is 6. The predicted octanol–water partition coefficient (Wildman–Crippen LogP) is 4.01. The van der Waals surface area contributed by atoms with Gasteiger partial charge in [0.05, 0.1) is 12.7 Å². The number of hydrogen-bond donors (Lipinski definition) is 0. The highest BCUT2D eigenvalue weighted by Crippen LogP contribution is 2.36. The summed E-state index contributed by atoms with van der Waals surface area (Å²) in [5.41, 5.74) is 1.25. The third-order valence-electron chi connectivity index (χ3n) is 4.73. The van der Waals surface area contributed by atoms with Gasteiger partial charge in [-0.15, -0.1) is 5.10 Å². The van der Waals surface area contributed by atoms with Crippen LogP contribution in [0.2, 0.25) is 0 Å². The van der Waals surface area contributed by atoms with Gasteiger partial charge >= 0.3 is 5.97 Å². The van der Waals surface area contributed by atoms with E-state index in [9.17, 15) is 9.59 Å². The van der Waals surface area contributed by atoms with Crippen molar-refractivity contribution < 1.29 is 23.8 Å². The normalized spacial score (nSPS) is 15.5. The Morgan fingerprint density at radius 2 is 1.73 bits per heavy atom. The Hall–Kier alpha value is -3.87. The van der Waals surface area contributed by atoms with Crippen LogP contribution in [0.3, 0.4) is 0 Å². The van der Waals surface area contributed by atoms with Crippen LogP contribution in [-0.2, 0) is 14.3 Å². The number of carbonyl (C=O) groups excluding carboxylic acids is 2. The van der Waals surface area contributed by atoms with Crippen LogP contribution in [0.5, 0.6) is 11.5 Å². The highest BCUT2D eigenvalue weighted by Gasteiger charge is 2.35. The van der Waals surface area contributed by atoms with Gasteiger partial charge in [-0.1, -0.05) is 30.3 Å². The third-order valence-corrected chi connectivity index (χ3v) is 4.73. The maximum absolute atomic E-state index is 12.3. The molecule has 1 aliphatic rings. The number of carbonyl (C=O) groups is 2. The molecule has 0 N–H and O–H groups in total. The molecule has 1 heterocycles. The number of hydrazone groups is 1. The number of methoxy groups -OCH3 is 1. The average Bonchev–Trinajstić information content (AvgIpc) is 3.18. The molecule has 152 valence electrons. The molecule has 1 amide bonds. The summed E-state index contributed by atoms with van der Waals surface area (Å²) in [6, 6.07) is 18.4. The van der Waals surface area contributed by atoms with Crippen molar-refractivity contribution in [2.24, 2.45) is 5.10 Å². The summed E-state index contributed by atoms with van der Waals surface area (Å²) in [4.78, 5) is 23.9. The van der Waals surface area contributed by atoms with Crippen molar-refractivity contribution in [3.05, 3.63) is 71.8 Å². The second-order valence-corrected chi connectivity index (χ2v) is 6.77. The topological polar surface area (TPSA) is 77.4 Å². The largest absolute Gasteiger partial charge is 0.497 e. The number of amides is 1. The lowest BCUT2D eigenvalue weighted by molar-refractivity contribution is -0.135. The molecule has 3 aromatic rings. The zero-order valence-electron chi connectivity index (χ0n) is 16.8. The quantitative estimate of drug-likeness (QED) is 0.485. The van der Waals surface area contributed by atoms with Gasteiger partial charge in [0.25, 0.3) is 0 Å². The van der Waals surface area contributed by atoms with Gasteiger partial charge in [0.2, 0.25) is 18.0 Å². The molecule has 0 fully saturated rings. The first-order valence-corrected chi connectivity index (χ1v) is 9.37. The minimum Gasteiger partial charge on any atom is -0.497 e. The van der Waals surface area contributed by atoms with E-state index < -0.39 is 12.2 Å². The van der Waals surface area contributed by atoms with Crippen molar-refractivity contribution in [3.63, 3.8) is 0 Å². The van der Waals surface area contributed by atoms with Crippen LogP contribution in [0.4, 0.5) is 0 Å². The van der Waals surface area contributed by atoms with Crippen LogP contribution in [0.25, 0.3) is 10.8 Å². The molecule has 7 nitrogen and oxygen atoms in total. The molecule has 0 aliphatic carbocycles. The molecule has 0 spiro atoms. The molecule has 0 aromatic heterocycles. The van der Waals surface area contributed by atoms with E-state index >= 15 is 0 Å². The van der Waals surface area contributed by atoms with E-state index in [0.29, 0.717) is 17.1 Å². The van der Waals surface area contributed by atoms with E-state index in [1.54, 1.807) is 25.3 Å². The number of rotatable bonds is 4. The number of ether oxygens (including phenoxy) is 3. The van der Waals surface area contributed by atoms with Crippen LogP contribution >= 0.6 is 0 Å². The summed E-state index contributed by atoms with van der Waals surface area (Å²) >= 11 is 0. The Balaban J connectivity index is 1.81. The number of nitrogens with zero attached hydrogens (tertiary/aromatic N) is 2. The molecule has 3 aromatic carbocycles. The molecular formula is C23H20N2O5. The van der Waals surface area contributed by atoms with Crippen molar-refractivity contribution in [1.29, 1.82) is 0 Å². The monoisotopic (exact) mass is 404 g/mol. The maximum Gasteiger partial charge on any atom is 0.308 e. The molecule has 0 saturated heterocycles. The summed E-state index contributed by atoms with van der Waals surface area (Å²) in [7, 11) is 1.58. The zero-order valence-corrected chi connectivity index (χ0v) is 16.8. The Kier molecular flexibility index (Phi) is 5.10. The predicted molar refractivity (Wildman–Crippen MR) is 111 cm³/mol. The molecule has 4 rings (SSSR count). The average molecular weight is 404 g/mol. The Morgan fingerprint density at radius 3 is 2.40 bits per heavy atom. The lowest BCUT2D eigenvalue weighted by Crippen LogP contribution is -2.25. The number of esters is 1. The number of benzene rings is 3. The zero-order chi connectivity index (χ0) is 21.3. The van der Waals surface area contributed by atoms with Gasteiger partial charge in [-0.25, -0.2) is 0 Å². The van der Waals surface area contributed by atoms with Crippen molar-refractivity contribution in [2.45, 2.75) is 20.1 Å². The SMILES string of the molecule is COc1ccc([C@@H]2OC(c3c(OC(C)=O)ccc4ccccc34)=NN2C(C)=O)cc1. The fraction of sp³-hybridized carbons (Fsp3) is 0.174. The van der Waals surface area contributed by atoms with Crippen LogP contribution in [0, 0.1) is 0 Å². The van der Waals surface area contributed by atoms with Gasteiger partial charge in [-0.05, 0) is 41.1 Å². The van der Waals surface area contributed by atoms with Gasteiger partial charge in [0.1, 0.15) is 11.5 Å². The molecule has 0 bridgehead atoms. The standard InChI is InChI=1S/C23H20N2O5/c1-14(26)25-23(17-8-11-18(28-3)12-9-17)30-22(24-25)21-19-7-5-4-6-16(19)10-13-20(21)29-15(2)27/h4-13,23H,1-3H3/t23-/m0/s1. The van der Waals surface area contributed by atoms with Gasteiger partial charge in [-0.3, -0.25) is 9.59 Å². The first-order valence-electron chi connectivity index (χ1n) is 9.37. The van der Waals surface area contributed by atoms with Crippen molar-refractivity contribution in [2.75, 3.05) is 7.11 Å². The highest BCUT2D eigenvalue weighted by atomic mass is 16.5. The summed E-state index contributed by atoms with van der Waals surface area (Å²) in [5, 5.41) is 7.43. The second-order valence-electron chi connectivity index (χ2n) is 6.77. The smallest absolute Gasteiger partial charge is 0.308 e. The first-order chi connectivity index (χ1) is 14.5. The van der Waals surface area contributed by atoms with Crippen molar-refractivity contribution in [3.8, 4) is 11.5 Å². The second kappa shape index (κ2) is 7.87. The molecule has 0 saturated carbocycles. The van der Waals surface area contributed by atoms with E-state index in [1.807, 2.05) is 42.5 Å². The molecule has 1 atom stereocenters. The van der Waals surface area contributed by atoms with Crippen LogP contribution < -0.4 is 9.47 Å². The maximum atomic E-state index is 12.3. The lowest BCUT2D eigenvalue weighted by Gasteiger charge is -2.19. The van der Waals surface area contributed by atoms with Gasteiger partial charge in [-0.2, -0.15) is 5.01 Å². The van der Waals surface area contributed by atoms with Gasteiger partial charge < -0.3 is 14.2 Å². The summed E-state index contributed by atoms with van der Waals surface area (Å²) in [6.45, 7) is 2.75. The minimum absolute atomic E-state index is 0.207. The Labute approximate surface area is 173 Å². The minimum atomic E-state index is -0.743. The van der Waals surface area contributed by atoms with Crippen LogP contribution in [0.15, 0.2) is 65.8 Å². The van der Waals surface area contributed by atoms with Crippen molar-refractivity contribution in [1.82, 2.24) is 5.01 Å². The van der Waals surface area contributed by atoms with Crippen LogP contribution in [-0.4, -0.2) is 29.9 Å². The van der Waals surface area contributed by atoms with Gasteiger partial charge in [0, 0.05) is 19.4 Å².